The number of anilines is 1. The molecule has 18 heavy (non-hydrogen) atoms. The van der Waals surface area contributed by atoms with Crippen molar-refractivity contribution in [3.05, 3.63) is 53.6 Å². The minimum absolute atomic E-state index is 0.290. The van der Waals surface area contributed by atoms with Crippen LogP contribution in [-0.4, -0.2) is 18.1 Å². The quantitative estimate of drug-likeness (QED) is 0.817. The molecule has 1 aromatic heterocycles. The lowest BCUT2D eigenvalue weighted by atomic mass is 10.3. The second kappa shape index (κ2) is 5.35. The van der Waals surface area contributed by atoms with Gasteiger partial charge in [-0.2, -0.15) is 0 Å². The van der Waals surface area contributed by atoms with E-state index in [0.29, 0.717) is 17.9 Å². The summed E-state index contributed by atoms with van der Waals surface area (Å²) in [6.07, 6.45) is 0. The van der Waals surface area contributed by atoms with E-state index in [-0.39, 0.29) is 5.82 Å². The zero-order chi connectivity index (χ0) is 13.0. The second-order valence-corrected chi connectivity index (χ2v) is 3.75. The predicted octanol–water partition coefficient (Wildman–Crippen LogP) is 2.55. The molecule has 0 bridgehead atoms. The van der Waals surface area contributed by atoms with Crippen molar-refractivity contribution in [3.63, 3.8) is 0 Å². The minimum atomic E-state index is -0.410. The summed E-state index contributed by atoms with van der Waals surface area (Å²) < 4.78 is 17.5. The highest BCUT2D eigenvalue weighted by atomic mass is 19.1. The Morgan fingerprint density at radius 1 is 1.39 bits per heavy atom. The van der Waals surface area contributed by atoms with Crippen LogP contribution in [0.1, 0.15) is 16.2 Å². The van der Waals surface area contributed by atoms with E-state index in [0.717, 1.165) is 5.69 Å². The van der Waals surface area contributed by atoms with Crippen molar-refractivity contribution in [2.75, 3.05) is 12.4 Å². The number of nitrogens with one attached hydrogen (secondary N) is 2. The summed E-state index contributed by atoms with van der Waals surface area (Å²) >= 11 is 0. The zero-order valence-corrected chi connectivity index (χ0v) is 9.87. The third-order valence-electron chi connectivity index (χ3n) is 2.46. The largest absolute Gasteiger partial charge is 0.464 e. The molecule has 0 aliphatic heterocycles. The minimum Gasteiger partial charge on any atom is -0.464 e. The highest BCUT2D eigenvalue weighted by Crippen LogP contribution is 2.11. The Kier molecular flexibility index (Phi) is 3.62. The Bertz CT molecular complexity index is 551. The third kappa shape index (κ3) is 2.88. The van der Waals surface area contributed by atoms with Crippen LogP contribution < -0.4 is 5.32 Å². The average molecular weight is 248 g/mol. The van der Waals surface area contributed by atoms with Gasteiger partial charge < -0.3 is 15.0 Å². The van der Waals surface area contributed by atoms with Crippen LogP contribution in [0, 0.1) is 5.82 Å². The topological polar surface area (TPSA) is 54.1 Å². The molecule has 0 aliphatic carbocycles. The summed E-state index contributed by atoms with van der Waals surface area (Å²) in [6, 6.07) is 9.62. The van der Waals surface area contributed by atoms with Crippen LogP contribution in [0.5, 0.6) is 0 Å². The molecule has 0 saturated heterocycles. The van der Waals surface area contributed by atoms with Crippen molar-refractivity contribution in [2.45, 2.75) is 6.54 Å². The fourth-order valence-corrected chi connectivity index (χ4v) is 1.57. The van der Waals surface area contributed by atoms with Gasteiger partial charge in [0.2, 0.25) is 0 Å². The van der Waals surface area contributed by atoms with E-state index in [4.69, 9.17) is 0 Å². The van der Waals surface area contributed by atoms with Crippen LogP contribution in [0.2, 0.25) is 0 Å². The summed E-state index contributed by atoms with van der Waals surface area (Å²) in [5.74, 6) is -0.700. The lowest BCUT2D eigenvalue weighted by molar-refractivity contribution is 0.0594. The summed E-state index contributed by atoms with van der Waals surface area (Å²) in [4.78, 5) is 14.1. The number of carbonyl (C=O) groups is 1. The molecule has 1 aromatic carbocycles. The van der Waals surface area contributed by atoms with E-state index < -0.39 is 5.97 Å². The number of esters is 1. The van der Waals surface area contributed by atoms with Gasteiger partial charge in [-0.3, -0.25) is 0 Å². The van der Waals surface area contributed by atoms with Crippen molar-refractivity contribution in [1.29, 1.82) is 0 Å². The molecule has 94 valence electrons. The highest BCUT2D eigenvalue weighted by Gasteiger charge is 2.07. The number of carbonyl (C=O) groups excluding carboxylic acids is 1. The maximum atomic E-state index is 12.9. The van der Waals surface area contributed by atoms with Gasteiger partial charge in [0.1, 0.15) is 11.5 Å². The molecule has 0 amide bonds. The van der Waals surface area contributed by atoms with Gasteiger partial charge in [0.05, 0.1) is 13.7 Å². The van der Waals surface area contributed by atoms with E-state index in [1.807, 2.05) is 0 Å². The normalized spacial score (nSPS) is 10.1. The van der Waals surface area contributed by atoms with Gasteiger partial charge in [0.15, 0.2) is 0 Å². The fourth-order valence-electron chi connectivity index (χ4n) is 1.57. The summed E-state index contributed by atoms with van der Waals surface area (Å²) in [5.41, 5.74) is 1.90. The number of hydrogen-bond acceptors (Lipinski definition) is 3. The van der Waals surface area contributed by atoms with Gasteiger partial charge >= 0.3 is 5.97 Å². The average Bonchev–Trinajstić information content (AvgIpc) is 2.84. The molecule has 0 aliphatic rings. The first-order valence-electron chi connectivity index (χ1n) is 5.44. The molecule has 2 aromatic rings. The number of aromatic nitrogens is 1. The smallest absolute Gasteiger partial charge is 0.354 e. The van der Waals surface area contributed by atoms with Crippen molar-refractivity contribution in [2.24, 2.45) is 0 Å². The molecule has 1 heterocycles. The van der Waals surface area contributed by atoms with Crippen molar-refractivity contribution in [1.82, 2.24) is 4.98 Å². The number of benzene rings is 1. The summed E-state index contributed by atoms with van der Waals surface area (Å²) in [7, 11) is 1.33. The van der Waals surface area contributed by atoms with Gasteiger partial charge in [0.25, 0.3) is 0 Å². The number of H-pyrrole nitrogens is 1. The van der Waals surface area contributed by atoms with Crippen LogP contribution in [0.4, 0.5) is 10.1 Å². The van der Waals surface area contributed by atoms with Gasteiger partial charge in [-0.25, -0.2) is 9.18 Å². The molecule has 0 fully saturated rings. The van der Waals surface area contributed by atoms with Crippen molar-refractivity contribution >= 4 is 11.7 Å². The van der Waals surface area contributed by atoms with Crippen LogP contribution in [0.15, 0.2) is 36.4 Å². The predicted molar refractivity (Wildman–Crippen MR) is 65.9 cm³/mol. The lowest BCUT2D eigenvalue weighted by Gasteiger charge is -2.04. The van der Waals surface area contributed by atoms with Crippen molar-refractivity contribution < 1.29 is 13.9 Å². The molecule has 0 unspecified atom stereocenters. The fraction of sp³-hybridized carbons (Fsp3) is 0.154. The highest BCUT2D eigenvalue weighted by molar-refractivity contribution is 5.87. The molecule has 5 heteroatoms. The number of aromatic amines is 1. The van der Waals surface area contributed by atoms with Gasteiger partial charge in [-0.15, -0.1) is 0 Å². The van der Waals surface area contributed by atoms with Gasteiger partial charge in [0, 0.05) is 11.4 Å². The molecule has 0 spiro atoms. The Morgan fingerprint density at radius 3 is 2.94 bits per heavy atom. The van der Waals surface area contributed by atoms with E-state index in [1.54, 1.807) is 24.3 Å². The van der Waals surface area contributed by atoms with Gasteiger partial charge in [-0.05, 0) is 30.3 Å². The summed E-state index contributed by atoms with van der Waals surface area (Å²) in [5, 5.41) is 3.05. The molecular weight excluding hydrogens is 235 g/mol. The standard InChI is InChI=1S/C13H13FN2O2/c1-18-13(17)12-6-5-11(16-12)8-15-10-4-2-3-9(14)7-10/h2-7,15-16H,8H2,1H3. The van der Waals surface area contributed by atoms with E-state index in [1.165, 1.54) is 19.2 Å². The molecule has 0 saturated carbocycles. The molecule has 2 rings (SSSR count). The SMILES string of the molecule is COC(=O)c1ccc(CNc2cccc(F)c2)[nH]1. The Hall–Kier alpha value is -2.30. The van der Waals surface area contributed by atoms with Crippen LogP contribution in [0.3, 0.4) is 0 Å². The maximum Gasteiger partial charge on any atom is 0.354 e. The van der Waals surface area contributed by atoms with Gasteiger partial charge in [-0.1, -0.05) is 6.07 Å². The molecule has 2 N–H and O–H groups in total. The van der Waals surface area contributed by atoms with E-state index in [9.17, 15) is 9.18 Å². The first-order chi connectivity index (χ1) is 8.69. The lowest BCUT2D eigenvalue weighted by Crippen LogP contribution is -2.03. The zero-order valence-electron chi connectivity index (χ0n) is 9.87. The number of hydrogen-bond donors (Lipinski definition) is 2. The Labute approximate surface area is 104 Å². The maximum absolute atomic E-state index is 12.9. The molecule has 0 atom stereocenters. The molecular formula is C13H13FN2O2. The Balaban J connectivity index is 1.98. The molecule has 4 nitrogen and oxygen atoms in total. The van der Waals surface area contributed by atoms with Crippen LogP contribution >= 0.6 is 0 Å². The number of methoxy groups -OCH3 is 1. The molecule has 0 radical (unpaired) electrons. The number of ether oxygens (including phenoxy) is 1. The van der Waals surface area contributed by atoms with Crippen LogP contribution in [-0.2, 0) is 11.3 Å². The monoisotopic (exact) mass is 248 g/mol. The van der Waals surface area contributed by atoms with E-state index >= 15 is 0 Å². The van der Waals surface area contributed by atoms with E-state index in [2.05, 4.69) is 15.0 Å². The van der Waals surface area contributed by atoms with Crippen molar-refractivity contribution in [3.8, 4) is 0 Å². The number of rotatable bonds is 4. The third-order valence-corrected chi connectivity index (χ3v) is 2.46. The van der Waals surface area contributed by atoms with Crippen LogP contribution in [0.25, 0.3) is 0 Å². The summed E-state index contributed by atoms with van der Waals surface area (Å²) in [6.45, 7) is 0.473. The first-order valence-corrected chi connectivity index (χ1v) is 5.44. The first kappa shape index (κ1) is 12.2. The second-order valence-electron chi connectivity index (χ2n) is 3.75. The number of halogens is 1. The Morgan fingerprint density at radius 2 is 2.22 bits per heavy atom.